The molecule has 18 nitrogen and oxygen atoms in total. The number of nitrogens with zero attached hydrogens (tertiary/aromatic N) is 2. The van der Waals surface area contributed by atoms with E-state index >= 15 is 0 Å². The van der Waals surface area contributed by atoms with Crippen molar-refractivity contribution in [1.82, 2.24) is 0 Å². The Bertz CT molecular complexity index is 3290. The van der Waals surface area contributed by atoms with Crippen LogP contribution in [0.2, 0.25) is 0 Å². The number of allylic oxidation sites excluding steroid dienone is 6. The van der Waals surface area contributed by atoms with E-state index in [0.717, 1.165) is 40.2 Å². The van der Waals surface area contributed by atoms with Crippen LogP contribution in [0.5, 0.6) is 5.75 Å². The molecule has 0 radical (unpaired) electrons. The molecule has 6 rings (SSSR count). The van der Waals surface area contributed by atoms with Crippen molar-refractivity contribution in [2.45, 2.75) is 99.2 Å². The number of carbonyl (C=O) groups excluding carboxylic acids is 1. The van der Waals surface area contributed by atoms with Gasteiger partial charge in [-0.2, -0.15) is 38.2 Å². The van der Waals surface area contributed by atoms with Gasteiger partial charge in [0.15, 0.2) is 5.71 Å². The summed E-state index contributed by atoms with van der Waals surface area (Å²) in [7, 11) is -18.9. The smallest absolute Gasteiger partial charge is 0.303 e. The summed E-state index contributed by atoms with van der Waals surface area (Å²) in [6.07, 6.45) is 11.5. The molecule has 0 aromatic heterocycles. The molecule has 2 aliphatic rings. The van der Waals surface area contributed by atoms with E-state index in [2.05, 4.69) is 6.92 Å². The highest BCUT2D eigenvalue weighted by Gasteiger charge is 2.48. The minimum atomic E-state index is -5.09. The maximum atomic E-state index is 12.7. The molecule has 4 aromatic rings. The van der Waals surface area contributed by atoms with E-state index in [9.17, 15) is 66.6 Å². The van der Waals surface area contributed by atoms with Crippen molar-refractivity contribution in [2.75, 3.05) is 29.5 Å². The topological polar surface area (TPSA) is 287 Å². The van der Waals surface area contributed by atoms with Crippen LogP contribution in [0, 0.1) is 0 Å². The Balaban J connectivity index is 1.52. The highest BCUT2D eigenvalue weighted by molar-refractivity contribution is 7.87. The minimum absolute atomic E-state index is 0.00202. The maximum absolute atomic E-state index is 12.7. The zero-order chi connectivity index (χ0) is 50.7. The molecule has 4 aromatic carbocycles. The molecule has 5 N–H and O–H groups in total. The largest absolute Gasteiger partial charge is 0.481 e. The molecule has 372 valence electrons. The fourth-order valence-corrected chi connectivity index (χ4v) is 12.3. The number of hydrogen-bond donors (Lipinski definition) is 5. The summed E-state index contributed by atoms with van der Waals surface area (Å²) in [6, 6.07) is 13.8. The predicted molar refractivity (Wildman–Crippen MR) is 260 cm³/mol. The van der Waals surface area contributed by atoms with Crippen LogP contribution in [-0.2, 0) is 60.9 Å². The van der Waals surface area contributed by atoms with Crippen LogP contribution < -0.4 is 9.64 Å². The predicted octanol–water partition coefficient (Wildman–Crippen LogP) is 7.54. The third-order valence-corrected chi connectivity index (χ3v) is 16.1. The summed E-state index contributed by atoms with van der Waals surface area (Å²) in [5, 5.41) is 10.9. The fraction of sp³-hybridized carbons (Fsp3) is 0.383. The maximum Gasteiger partial charge on any atom is 0.303 e. The van der Waals surface area contributed by atoms with Crippen LogP contribution in [0.4, 0.5) is 11.4 Å². The van der Waals surface area contributed by atoms with E-state index in [0.29, 0.717) is 60.9 Å². The van der Waals surface area contributed by atoms with Gasteiger partial charge in [-0.1, -0.05) is 50.1 Å². The molecule has 0 saturated heterocycles. The molecule has 0 bridgehead atoms. The molecular formula is C47H55N2O16S4+. The Morgan fingerprint density at radius 2 is 1.42 bits per heavy atom. The lowest BCUT2D eigenvalue weighted by Crippen LogP contribution is -2.31. The lowest BCUT2D eigenvalue weighted by atomic mass is 9.74. The third kappa shape index (κ3) is 11.8. The molecule has 2 unspecified atom stereocenters. The highest BCUT2D eigenvalue weighted by atomic mass is 32.2. The molecule has 69 heavy (non-hydrogen) atoms. The standard InChI is InChI=1S/C47H54N2O16S4/c1-4-22-46(2)41(49(25-12-27-67(56,57)58)38-20-16-32-28-33(65-31-50)17-18-35(32)44(38)46)13-7-5-8-14-42-47(3,23-11-26-66(53,54)55)45-37-29-34(68(59,60)61)30-40(69(62,63)64)36(37)19-21-39(45)48(42)24-10-6-9-15-43(51)52/h5,7-8,13-14,16-21,28-31H,4,6,9-12,15,22-27H2,1-3H3,(H4-,51,52,53,54,55,56,57,58,59,60,61,62,63,64)/p+1. The lowest BCUT2D eigenvalue weighted by Gasteiger charge is -2.31. The van der Waals surface area contributed by atoms with Gasteiger partial charge >= 0.3 is 5.97 Å². The van der Waals surface area contributed by atoms with Gasteiger partial charge < -0.3 is 14.7 Å². The van der Waals surface area contributed by atoms with Crippen molar-refractivity contribution < 1.29 is 75.9 Å². The van der Waals surface area contributed by atoms with Gasteiger partial charge in [0.25, 0.3) is 46.9 Å². The molecule has 0 saturated carbocycles. The van der Waals surface area contributed by atoms with Crippen molar-refractivity contribution >= 4 is 91.5 Å². The Morgan fingerprint density at radius 1 is 0.725 bits per heavy atom. The number of hydrogen-bond acceptors (Lipinski definition) is 12. The number of benzene rings is 4. The number of carboxylic acids is 1. The summed E-state index contributed by atoms with van der Waals surface area (Å²) in [5.41, 5.74) is 2.10. The first kappa shape index (κ1) is 53.0. The number of aliphatic carboxylic acids is 1. The Kier molecular flexibility index (Phi) is 15.8. The Hall–Kier alpha value is -5.33. The lowest BCUT2D eigenvalue weighted by molar-refractivity contribution is -0.437. The molecule has 0 aliphatic carbocycles. The second-order valence-corrected chi connectivity index (χ2v) is 23.6. The van der Waals surface area contributed by atoms with Crippen molar-refractivity contribution in [3.8, 4) is 5.75 Å². The molecular weight excluding hydrogens is 977 g/mol. The zero-order valence-corrected chi connectivity index (χ0v) is 41.4. The first-order valence-corrected chi connectivity index (χ1v) is 28.2. The first-order valence-electron chi connectivity index (χ1n) is 22.1. The van der Waals surface area contributed by atoms with E-state index in [1.54, 1.807) is 49.4 Å². The SMILES string of the molecule is CCCC1(C)C(/C=C/C=C/C=C2/N(CCCCCC(=O)O)c3ccc4c(S(=O)(=O)O)cc(S(=O)(=O)O)cc4c3C2(C)CCCS(=O)(=O)O)=[N+](CCCS(=O)(=O)O)c2ccc3cc(OC=O)ccc3c21. The minimum Gasteiger partial charge on any atom is -0.481 e. The number of rotatable bonds is 23. The van der Waals surface area contributed by atoms with Crippen LogP contribution >= 0.6 is 0 Å². The number of unbranched alkanes of at least 4 members (excludes halogenated alkanes) is 2. The molecule has 22 heteroatoms. The molecule has 0 amide bonds. The second kappa shape index (κ2) is 20.6. The van der Waals surface area contributed by atoms with Crippen LogP contribution in [0.1, 0.15) is 89.7 Å². The summed E-state index contributed by atoms with van der Waals surface area (Å²) in [4.78, 5) is 22.7. The van der Waals surface area contributed by atoms with E-state index in [1.165, 1.54) is 6.07 Å². The van der Waals surface area contributed by atoms with E-state index in [-0.39, 0.29) is 49.5 Å². The molecule has 2 heterocycles. The zero-order valence-electron chi connectivity index (χ0n) is 38.1. The molecule has 2 atom stereocenters. The average Bonchev–Trinajstić information content (AvgIpc) is 3.61. The average molecular weight is 1030 g/mol. The summed E-state index contributed by atoms with van der Waals surface area (Å²) < 4.78 is 145. The molecule has 2 aliphatic heterocycles. The molecule has 0 fully saturated rings. The van der Waals surface area contributed by atoms with Crippen molar-refractivity contribution in [3.63, 3.8) is 0 Å². The van der Waals surface area contributed by atoms with E-state index < -0.39 is 78.6 Å². The number of fused-ring (bicyclic) bond motifs is 6. The van der Waals surface area contributed by atoms with Gasteiger partial charge in [-0.25, -0.2) is 0 Å². The van der Waals surface area contributed by atoms with Gasteiger partial charge in [0, 0.05) is 59.3 Å². The fourth-order valence-electron chi connectivity index (χ4n) is 10.0. The van der Waals surface area contributed by atoms with Crippen molar-refractivity contribution in [3.05, 3.63) is 102 Å². The van der Waals surface area contributed by atoms with Crippen LogP contribution in [-0.4, -0.2) is 104 Å². The van der Waals surface area contributed by atoms with Gasteiger partial charge in [0.1, 0.15) is 17.2 Å². The quantitative estimate of drug-likeness (QED) is 0.0158. The van der Waals surface area contributed by atoms with E-state index in [1.807, 2.05) is 40.7 Å². The van der Waals surface area contributed by atoms with Gasteiger partial charge in [0.05, 0.1) is 21.8 Å². The number of carboxylic acid groups (broad SMARTS) is 1. The van der Waals surface area contributed by atoms with Crippen LogP contribution in [0.3, 0.4) is 0 Å². The number of ether oxygens (including phenoxy) is 1. The highest BCUT2D eigenvalue weighted by Crippen LogP contribution is 2.54. The van der Waals surface area contributed by atoms with Gasteiger partial charge in [0.2, 0.25) is 5.69 Å². The summed E-state index contributed by atoms with van der Waals surface area (Å²) >= 11 is 0. The van der Waals surface area contributed by atoms with Gasteiger partial charge in [-0.05, 0) is 110 Å². The molecule has 0 spiro atoms. The Labute approximate surface area is 401 Å². The van der Waals surface area contributed by atoms with Crippen molar-refractivity contribution in [2.24, 2.45) is 0 Å². The van der Waals surface area contributed by atoms with Crippen LogP contribution in [0.25, 0.3) is 21.5 Å². The first-order chi connectivity index (χ1) is 32.2. The van der Waals surface area contributed by atoms with Gasteiger partial charge in [-0.3, -0.25) is 27.8 Å². The third-order valence-electron chi connectivity index (χ3n) is 12.8. The summed E-state index contributed by atoms with van der Waals surface area (Å²) in [5.74, 6) is -1.74. The number of carbonyl (C=O) groups is 2. The van der Waals surface area contributed by atoms with Crippen molar-refractivity contribution in [1.29, 1.82) is 0 Å². The number of anilines is 1. The normalized spacial score (nSPS) is 19.4. The van der Waals surface area contributed by atoms with E-state index in [4.69, 9.17) is 4.74 Å². The Morgan fingerprint density at radius 3 is 2.06 bits per heavy atom. The monoisotopic (exact) mass is 1030 g/mol. The van der Waals surface area contributed by atoms with Crippen LogP contribution in [0.15, 0.2) is 100 Å². The summed E-state index contributed by atoms with van der Waals surface area (Å²) in [6.45, 7) is 6.72. The van der Waals surface area contributed by atoms with Gasteiger partial charge in [-0.15, -0.1) is 0 Å². The second-order valence-electron chi connectivity index (χ2n) is 17.6.